The van der Waals surface area contributed by atoms with E-state index in [2.05, 4.69) is 28.5 Å². The molecule has 0 bridgehead atoms. The normalized spacial score (nSPS) is 10.7. The molecule has 0 aliphatic heterocycles. The molecule has 134 valence electrons. The van der Waals surface area contributed by atoms with E-state index < -0.39 is 0 Å². The number of benzene rings is 2. The van der Waals surface area contributed by atoms with Gasteiger partial charge in [-0.25, -0.2) is 0 Å². The van der Waals surface area contributed by atoms with Crippen LogP contribution in [0, 0.1) is 13.8 Å². The molecule has 0 spiro atoms. The summed E-state index contributed by atoms with van der Waals surface area (Å²) in [5.74, 6) is 0.224. The van der Waals surface area contributed by atoms with Gasteiger partial charge in [0.05, 0.1) is 11.4 Å². The van der Waals surface area contributed by atoms with E-state index in [9.17, 15) is 4.79 Å². The van der Waals surface area contributed by atoms with Crippen LogP contribution >= 0.6 is 11.8 Å². The molecule has 0 radical (unpaired) electrons. The largest absolute Gasteiger partial charge is 0.325 e. The third kappa shape index (κ3) is 3.96. The fourth-order valence-corrected chi connectivity index (χ4v) is 3.46. The Morgan fingerprint density at radius 3 is 2.77 bits per heavy atom. The van der Waals surface area contributed by atoms with Gasteiger partial charge in [-0.3, -0.25) is 9.36 Å². The van der Waals surface area contributed by atoms with Crippen molar-refractivity contribution in [3.8, 4) is 5.69 Å². The summed E-state index contributed by atoms with van der Waals surface area (Å²) in [6, 6.07) is 14.1. The fraction of sp³-hybridized carbons (Fsp3) is 0.250. The van der Waals surface area contributed by atoms with Gasteiger partial charge in [0.2, 0.25) is 5.91 Å². The number of thioether (sulfide) groups is 1. The van der Waals surface area contributed by atoms with Crippen molar-refractivity contribution in [1.29, 1.82) is 0 Å². The summed E-state index contributed by atoms with van der Waals surface area (Å²) in [7, 11) is 0. The van der Waals surface area contributed by atoms with Gasteiger partial charge in [-0.1, -0.05) is 49.0 Å². The first-order valence-corrected chi connectivity index (χ1v) is 9.56. The Morgan fingerprint density at radius 1 is 1.15 bits per heavy atom. The first-order chi connectivity index (χ1) is 12.6. The Kier molecular flexibility index (Phi) is 5.73. The van der Waals surface area contributed by atoms with Crippen LogP contribution in [0.4, 0.5) is 5.69 Å². The highest BCUT2D eigenvalue weighted by Gasteiger charge is 2.13. The molecule has 0 aliphatic carbocycles. The standard InChI is InChI=1S/C20H22N4OS/c1-4-16-9-5-6-11-18(16)24-13-21-23-20(24)26-12-19(25)22-17-10-7-8-14(2)15(17)3/h5-11,13H,4,12H2,1-3H3,(H,22,25). The predicted octanol–water partition coefficient (Wildman–Crippen LogP) is 4.18. The van der Waals surface area contributed by atoms with Gasteiger partial charge in [-0.2, -0.15) is 0 Å². The number of amides is 1. The molecule has 2 aromatic carbocycles. The van der Waals surface area contributed by atoms with Crippen LogP contribution in [0.15, 0.2) is 53.9 Å². The van der Waals surface area contributed by atoms with Gasteiger partial charge in [0.1, 0.15) is 6.33 Å². The average molecular weight is 366 g/mol. The summed E-state index contributed by atoms with van der Waals surface area (Å²) in [4.78, 5) is 12.4. The molecule has 26 heavy (non-hydrogen) atoms. The molecule has 6 heteroatoms. The SMILES string of the molecule is CCc1ccccc1-n1cnnc1SCC(=O)Nc1cccc(C)c1C. The molecule has 1 aromatic heterocycles. The molecule has 3 aromatic rings. The van der Waals surface area contributed by atoms with Crippen molar-refractivity contribution in [2.45, 2.75) is 32.3 Å². The lowest BCUT2D eigenvalue weighted by Crippen LogP contribution is -2.15. The maximum absolute atomic E-state index is 12.4. The Balaban J connectivity index is 1.70. The number of anilines is 1. The van der Waals surface area contributed by atoms with Crippen LogP contribution in [-0.4, -0.2) is 26.4 Å². The summed E-state index contributed by atoms with van der Waals surface area (Å²) >= 11 is 1.38. The minimum absolute atomic E-state index is 0.0537. The van der Waals surface area contributed by atoms with Gasteiger partial charge in [-0.15, -0.1) is 10.2 Å². The van der Waals surface area contributed by atoms with Crippen molar-refractivity contribution in [1.82, 2.24) is 14.8 Å². The molecule has 0 unspecified atom stereocenters. The number of aromatic nitrogens is 3. The number of aryl methyl sites for hydroxylation is 2. The lowest BCUT2D eigenvalue weighted by atomic mass is 10.1. The molecule has 0 saturated carbocycles. The number of carbonyl (C=O) groups is 1. The molecule has 5 nitrogen and oxygen atoms in total. The fourth-order valence-electron chi connectivity index (χ4n) is 2.74. The van der Waals surface area contributed by atoms with E-state index in [4.69, 9.17) is 0 Å². The zero-order valence-corrected chi connectivity index (χ0v) is 16.0. The van der Waals surface area contributed by atoms with E-state index in [1.54, 1.807) is 6.33 Å². The number of hydrogen-bond donors (Lipinski definition) is 1. The first kappa shape index (κ1) is 18.2. The van der Waals surface area contributed by atoms with Crippen LogP contribution in [0.3, 0.4) is 0 Å². The number of nitrogens with zero attached hydrogens (tertiary/aromatic N) is 3. The Labute approximate surface area is 157 Å². The third-order valence-corrected chi connectivity index (χ3v) is 5.30. The average Bonchev–Trinajstić information content (AvgIpc) is 3.12. The van der Waals surface area contributed by atoms with Crippen LogP contribution in [0.1, 0.15) is 23.6 Å². The lowest BCUT2D eigenvalue weighted by Gasteiger charge is -2.12. The van der Waals surface area contributed by atoms with E-state index in [-0.39, 0.29) is 11.7 Å². The minimum Gasteiger partial charge on any atom is -0.325 e. The van der Waals surface area contributed by atoms with Crippen LogP contribution in [-0.2, 0) is 11.2 Å². The summed E-state index contributed by atoms with van der Waals surface area (Å²) in [5.41, 5.74) is 5.37. The highest BCUT2D eigenvalue weighted by molar-refractivity contribution is 7.99. The van der Waals surface area contributed by atoms with Crippen LogP contribution < -0.4 is 5.32 Å². The molecular formula is C20H22N4OS. The van der Waals surface area contributed by atoms with Crippen molar-refractivity contribution in [3.05, 3.63) is 65.5 Å². The van der Waals surface area contributed by atoms with Crippen LogP contribution in [0.25, 0.3) is 5.69 Å². The van der Waals surface area contributed by atoms with E-state index in [0.29, 0.717) is 5.16 Å². The van der Waals surface area contributed by atoms with E-state index in [1.165, 1.54) is 17.3 Å². The second kappa shape index (κ2) is 8.19. The molecule has 0 aliphatic rings. The smallest absolute Gasteiger partial charge is 0.234 e. The highest BCUT2D eigenvalue weighted by Crippen LogP contribution is 2.23. The Bertz CT molecular complexity index is 920. The third-order valence-electron chi connectivity index (χ3n) is 4.36. The molecule has 0 atom stereocenters. The summed E-state index contributed by atoms with van der Waals surface area (Å²) < 4.78 is 1.94. The van der Waals surface area contributed by atoms with E-state index >= 15 is 0 Å². The molecule has 3 rings (SSSR count). The molecular weight excluding hydrogens is 344 g/mol. The van der Waals surface area contributed by atoms with Gasteiger partial charge >= 0.3 is 0 Å². The number of hydrogen-bond acceptors (Lipinski definition) is 4. The topological polar surface area (TPSA) is 59.8 Å². The molecule has 1 N–H and O–H groups in total. The Hall–Kier alpha value is -2.60. The number of rotatable bonds is 6. The summed E-state index contributed by atoms with van der Waals surface area (Å²) in [6.45, 7) is 6.16. The van der Waals surface area contributed by atoms with Gasteiger partial charge in [0.25, 0.3) is 0 Å². The molecule has 0 fully saturated rings. The number of nitrogens with one attached hydrogen (secondary N) is 1. The number of para-hydroxylation sites is 1. The molecule has 0 saturated heterocycles. The first-order valence-electron chi connectivity index (χ1n) is 8.57. The van der Waals surface area contributed by atoms with Crippen molar-refractivity contribution >= 4 is 23.4 Å². The zero-order chi connectivity index (χ0) is 18.5. The zero-order valence-electron chi connectivity index (χ0n) is 15.2. The van der Waals surface area contributed by atoms with E-state index in [1.807, 2.05) is 54.8 Å². The van der Waals surface area contributed by atoms with Gasteiger partial charge in [-0.05, 0) is 49.1 Å². The number of carbonyl (C=O) groups excluding carboxylic acids is 1. The van der Waals surface area contributed by atoms with Gasteiger partial charge in [0.15, 0.2) is 5.16 Å². The maximum atomic E-state index is 12.4. The molecule has 1 heterocycles. The van der Waals surface area contributed by atoms with Crippen LogP contribution in [0.5, 0.6) is 0 Å². The predicted molar refractivity (Wildman–Crippen MR) is 106 cm³/mol. The lowest BCUT2D eigenvalue weighted by molar-refractivity contribution is -0.113. The van der Waals surface area contributed by atoms with Gasteiger partial charge in [0, 0.05) is 5.69 Å². The molecule has 1 amide bonds. The quantitative estimate of drug-likeness (QED) is 0.665. The minimum atomic E-state index is -0.0537. The summed E-state index contributed by atoms with van der Waals surface area (Å²) in [6.07, 6.45) is 2.62. The van der Waals surface area contributed by atoms with Crippen molar-refractivity contribution < 1.29 is 4.79 Å². The highest BCUT2D eigenvalue weighted by atomic mass is 32.2. The van der Waals surface area contributed by atoms with Crippen LogP contribution in [0.2, 0.25) is 0 Å². The second-order valence-electron chi connectivity index (χ2n) is 6.05. The Morgan fingerprint density at radius 2 is 1.96 bits per heavy atom. The van der Waals surface area contributed by atoms with Crippen molar-refractivity contribution in [3.63, 3.8) is 0 Å². The second-order valence-corrected chi connectivity index (χ2v) is 6.99. The van der Waals surface area contributed by atoms with Crippen molar-refractivity contribution in [2.24, 2.45) is 0 Å². The van der Waals surface area contributed by atoms with Gasteiger partial charge < -0.3 is 5.32 Å². The van der Waals surface area contributed by atoms with E-state index in [0.717, 1.165) is 28.9 Å². The van der Waals surface area contributed by atoms with Crippen molar-refractivity contribution in [2.75, 3.05) is 11.1 Å². The summed E-state index contributed by atoms with van der Waals surface area (Å²) in [5, 5.41) is 11.9. The maximum Gasteiger partial charge on any atom is 0.234 e. The monoisotopic (exact) mass is 366 g/mol.